The van der Waals surface area contributed by atoms with E-state index in [9.17, 15) is 4.79 Å². The lowest BCUT2D eigenvalue weighted by Gasteiger charge is -2.10. The SMILES string of the molecule is COc1ncc(NC(=O)Nc2ccccc2OC)cn1. The largest absolute Gasteiger partial charge is 0.495 e. The zero-order chi connectivity index (χ0) is 14.4. The molecule has 1 aromatic heterocycles. The van der Waals surface area contributed by atoms with E-state index < -0.39 is 6.03 Å². The third kappa shape index (κ3) is 3.35. The Morgan fingerprint density at radius 3 is 2.40 bits per heavy atom. The van der Waals surface area contributed by atoms with Crippen molar-refractivity contribution in [1.29, 1.82) is 0 Å². The Bertz CT molecular complexity index is 586. The zero-order valence-corrected chi connectivity index (χ0v) is 11.1. The van der Waals surface area contributed by atoms with Crippen LogP contribution in [0.4, 0.5) is 16.2 Å². The highest BCUT2D eigenvalue weighted by Gasteiger charge is 2.07. The molecule has 0 bridgehead atoms. The van der Waals surface area contributed by atoms with Crippen LogP contribution in [0.15, 0.2) is 36.7 Å². The summed E-state index contributed by atoms with van der Waals surface area (Å²) in [7, 11) is 3.01. The lowest BCUT2D eigenvalue weighted by Crippen LogP contribution is -2.20. The van der Waals surface area contributed by atoms with E-state index in [1.54, 1.807) is 18.2 Å². The molecule has 7 nitrogen and oxygen atoms in total. The van der Waals surface area contributed by atoms with Gasteiger partial charge < -0.3 is 20.1 Å². The molecule has 0 unspecified atom stereocenters. The summed E-state index contributed by atoms with van der Waals surface area (Å²) in [5.41, 5.74) is 1.03. The first-order chi connectivity index (χ1) is 9.72. The molecule has 0 aliphatic heterocycles. The fraction of sp³-hybridized carbons (Fsp3) is 0.154. The summed E-state index contributed by atoms with van der Waals surface area (Å²) < 4.78 is 9.98. The number of hydrogen-bond donors (Lipinski definition) is 2. The van der Waals surface area contributed by atoms with E-state index in [1.165, 1.54) is 26.6 Å². The highest BCUT2D eigenvalue weighted by Crippen LogP contribution is 2.23. The van der Waals surface area contributed by atoms with E-state index in [1.807, 2.05) is 6.07 Å². The van der Waals surface area contributed by atoms with E-state index >= 15 is 0 Å². The maximum absolute atomic E-state index is 11.8. The van der Waals surface area contributed by atoms with Crippen molar-refractivity contribution in [2.45, 2.75) is 0 Å². The minimum absolute atomic E-state index is 0.237. The molecule has 0 saturated carbocycles. The molecule has 2 rings (SSSR count). The Kier molecular flexibility index (Phi) is 4.33. The topological polar surface area (TPSA) is 85.4 Å². The quantitative estimate of drug-likeness (QED) is 0.892. The first-order valence-electron chi connectivity index (χ1n) is 5.80. The molecule has 2 amide bonds. The lowest BCUT2D eigenvalue weighted by molar-refractivity contribution is 0.262. The van der Waals surface area contributed by atoms with E-state index in [0.717, 1.165) is 0 Å². The van der Waals surface area contributed by atoms with Crippen molar-refractivity contribution in [2.75, 3.05) is 24.9 Å². The second-order valence-corrected chi connectivity index (χ2v) is 3.74. The van der Waals surface area contributed by atoms with Crippen molar-refractivity contribution in [3.05, 3.63) is 36.7 Å². The number of amides is 2. The molecular weight excluding hydrogens is 260 g/mol. The van der Waals surface area contributed by atoms with Gasteiger partial charge in [-0.3, -0.25) is 0 Å². The van der Waals surface area contributed by atoms with Crippen LogP contribution in [0, 0.1) is 0 Å². The Hall–Kier alpha value is -2.83. The third-order valence-electron chi connectivity index (χ3n) is 2.42. The Morgan fingerprint density at radius 1 is 1.05 bits per heavy atom. The van der Waals surface area contributed by atoms with Gasteiger partial charge in [0.05, 0.1) is 38.0 Å². The molecule has 0 aliphatic carbocycles. The van der Waals surface area contributed by atoms with Crippen molar-refractivity contribution in [3.63, 3.8) is 0 Å². The molecule has 2 aromatic rings. The molecule has 0 radical (unpaired) electrons. The van der Waals surface area contributed by atoms with Crippen LogP contribution in [-0.4, -0.2) is 30.2 Å². The molecular formula is C13H14N4O3. The number of nitrogens with one attached hydrogen (secondary N) is 2. The summed E-state index contributed by atoms with van der Waals surface area (Å²) in [6.07, 6.45) is 2.90. The summed E-state index contributed by atoms with van der Waals surface area (Å²) in [6, 6.07) is 6.94. The van der Waals surface area contributed by atoms with Crippen LogP contribution in [0.25, 0.3) is 0 Å². The average molecular weight is 274 g/mol. The number of carbonyl (C=O) groups is 1. The molecule has 0 spiro atoms. The van der Waals surface area contributed by atoms with Crippen LogP contribution in [0.5, 0.6) is 11.8 Å². The first-order valence-corrected chi connectivity index (χ1v) is 5.80. The van der Waals surface area contributed by atoms with E-state index in [4.69, 9.17) is 9.47 Å². The number of urea groups is 1. The minimum atomic E-state index is -0.414. The molecule has 20 heavy (non-hydrogen) atoms. The standard InChI is InChI=1S/C13H14N4O3/c1-19-11-6-4-3-5-10(11)17-12(18)16-9-7-14-13(20-2)15-8-9/h3-8H,1-2H3,(H2,16,17,18). The molecule has 0 atom stereocenters. The normalized spacial score (nSPS) is 9.70. The van der Waals surface area contributed by atoms with Crippen molar-refractivity contribution in [3.8, 4) is 11.8 Å². The Morgan fingerprint density at radius 2 is 1.75 bits per heavy atom. The highest BCUT2D eigenvalue weighted by atomic mass is 16.5. The zero-order valence-electron chi connectivity index (χ0n) is 11.1. The Balaban J connectivity index is 2.01. The molecule has 2 N–H and O–H groups in total. The molecule has 1 aromatic carbocycles. The maximum Gasteiger partial charge on any atom is 0.323 e. The predicted octanol–water partition coefficient (Wildman–Crippen LogP) is 2.14. The number of benzene rings is 1. The van der Waals surface area contributed by atoms with Gasteiger partial charge in [0.25, 0.3) is 0 Å². The average Bonchev–Trinajstić information content (AvgIpc) is 2.48. The molecule has 7 heteroatoms. The van der Waals surface area contributed by atoms with Gasteiger partial charge in [-0.2, -0.15) is 0 Å². The second-order valence-electron chi connectivity index (χ2n) is 3.74. The summed E-state index contributed by atoms with van der Waals surface area (Å²) in [4.78, 5) is 19.6. The van der Waals surface area contributed by atoms with Crippen molar-refractivity contribution >= 4 is 17.4 Å². The van der Waals surface area contributed by atoms with Crippen LogP contribution >= 0.6 is 0 Å². The monoisotopic (exact) mass is 274 g/mol. The number of aromatic nitrogens is 2. The molecule has 0 aliphatic rings. The van der Waals surface area contributed by atoms with E-state index in [-0.39, 0.29) is 6.01 Å². The van der Waals surface area contributed by atoms with Crippen molar-refractivity contribution < 1.29 is 14.3 Å². The summed E-state index contributed by atoms with van der Waals surface area (Å²) in [5.74, 6) is 0.577. The number of ether oxygens (including phenoxy) is 2. The van der Waals surface area contributed by atoms with Gasteiger partial charge in [-0.1, -0.05) is 12.1 Å². The minimum Gasteiger partial charge on any atom is -0.495 e. The molecule has 0 saturated heterocycles. The highest BCUT2D eigenvalue weighted by molar-refractivity contribution is 6.00. The lowest BCUT2D eigenvalue weighted by atomic mass is 10.3. The van der Waals surface area contributed by atoms with E-state index in [2.05, 4.69) is 20.6 Å². The van der Waals surface area contributed by atoms with Crippen LogP contribution in [0.2, 0.25) is 0 Å². The van der Waals surface area contributed by atoms with Gasteiger partial charge in [-0.05, 0) is 12.1 Å². The summed E-state index contributed by atoms with van der Waals surface area (Å²) in [5, 5.41) is 5.28. The third-order valence-corrected chi connectivity index (χ3v) is 2.42. The number of methoxy groups -OCH3 is 2. The van der Waals surface area contributed by atoms with Crippen LogP contribution < -0.4 is 20.1 Å². The van der Waals surface area contributed by atoms with Gasteiger partial charge in [0.15, 0.2) is 0 Å². The van der Waals surface area contributed by atoms with Crippen LogP contribution in [0.3, 0.4) is 0 Å². The number of para-hydroxylation sites is 2. The first kappa shape index (κ1) is 13.6. The number of nitrogens with zero attached hydrogens (tertiary/aromatic N) is 2. The number of hydrogen-bond acceptors (Lipinski definition) is 5. The van der Waals surface area contributed by atoms with Crippen LogP contribution in [-0.2, 0) is 0 Å². The second kappa shape index (κ2) is 6.37. The smallest absolute Gasteiger partial charge is 0.323 e. The van der Waals surface area contributed by atoms with E-state index in [0.29, 0.717) is 17.1 Å². The fourth-order valence-corrected chi connectivity index (χ4v) is 1.52. The summed E-state index contributed by atoms with van der Waals surface area (Å²) >= 11 is 0. The van der Waals surface area contributed by atoms with Crippen molar-refractivity contribution in [1.82, 2.24) is 9.97 Å². The van der Waals surface area contributed by atoms with Crippen molar-refractivity contribution in [2.24, 2.45) is 0 Å². The van der Waals surface area contributed by atoms with Gasteiger partial charge in [-0.15, -0.1) is 0 Å². The summed E-state index contributed by atoms with van der Waals surface area (Å²) in [6.45, 7) is 0. The predicted molar refractivity (Wildman–Crippen MR) is 74.2 cm³/mol. The van der Waals surface area contributed by atoms with Gasteiger partial charge in [0.1, 0.15) is 5.75 Å². The van der Waals surface area contributed by atoms with Gasteiger partial charge >= 0.3 is 12.0 Å². The van der Waals surface area contributed by atoms with Crippen LogP contribution in [0.1, 0.15) is 0 Å². The maximum atomic E-state index is 11.8. The molecule has 1 heterocycles. The van der Waals surface area contributed by atoms with Gasteiger partial charge in [0, 0.05) is 0 Å². The number of carbonyl (C=O) groups excluding carboxylic acids is 1. The molecule has 0 fully saturated rings. The molecule has 104 valence electrons. The number of rotatable bonds is 4. The number of anilines is 2. The Labute approximate surface area is 116 Å². The van der Waals surface area contributed by atoms with Gasteiger partial charge in [0.2, 0.25) is 0 Å². The van der Waals surface area contributed by atoms with Gasteiger partial charge in [-0.25, -0.2) is 14.8 Å². The fourth-order valence-electron chi connectivity index (χ4n) is 1.52.